The molecule has 0 radical (unpaired) electrons. The van der Waals surface area contributed by atoms with Gasteiger partial charge in [0, 0.05) is 29.6 Å². The lowest BCUT2D eigenvalue weighted by Crippen LogP contribution is -2.21. The summed E-state index contributed by atoms with van der Waals surface area (Å²) in [5.74, 6) is 0. The van der Waals surface area contributed by atoms with E-state index in [9.17, 15) is 4.79 Å². The van der Waals surface area contributed by atoms with Gasteiger partial charge in [-0.25, -0.2) is 0 Å². The number of nitrogens with zero attached hydrogens (tertiary/aromatic N) is 2. The van der Waals surface area contributed by atoms with Crippen LogP contribution < -0.4 is 10.9 Å². The average molecular weight is 373 g/mol. The topological polar surface area (TPSA) is 46.9 Å². The minimum Gasteiger partial charge on any atom is -0.388 e. The van der Waals surface area contributed by atoms with E-state index < -0.39 is 0 Å². The largest absolute Gasteiger partial charge is 0.388 e. The van der Waals surface area contributed by atoms with Crippen molar-refractivity contribution in [3.8, 4) is 0 Å². The molecule has 0 aliphatic carbocycles. The Bertz CT molecular complexity index is 625. The summed E-state index contributed by atoms with van der Waals surface area (Å²) in [6.45, 7) is 0.437. The smallest absolute Gasteiger partial charge is 0.265 e. The maximum atomic E-state index is 11.9. The first-order chi connectivity index (χ1) is 8.60. The van der Waals surface area contributed by atoms with Crippen LogP contribution in [0, 0.1) is 0 Å². The van der Waals surface area contributed by atoms with Crippen LogP contribution in [-0.4, -0.2) is 16.6 Å². The molecule has 2 rings (SSSR count). The van der Waals surface area contributed by atoms with Crippen molar-refractivity contribution in [1.29, 1.82) is 0 Å². The highest BCUT2D eigenvalue weighted by molar-refractivity contribution is 9.11. The highest BCUT2D eigenvalue weighted by Crippen LogP contribution is 2.14. The van der Waals surface area contributed by atoms with E-state index in [1.165, 1.54) is 0 Å². The Hall–Kier alpha value is -1.14. The van der Waals surface area contributed by atoms with E-state index in [4.69, 9.17) is 0 Å². The van der Waals surface area contributed by atoms with Crippen LogP contribution >= 0.6 is 31.9 Å². The van der Waals surface area contributed by atoms with Crippen molar-refractivity contribution in [1.82, 2.24) is 9.55 Å². The summed E-state index contributed by atoms with van der Waals surface area (Å²) in [5, 5.41) is 3.04. The third-order valence-corrected chi connectivity index (χ3v) is 3.45. The zero-order chi connectivity index (χ0) is 13.1. The van der Waals surface area contributed by atoms with Gasteiger partial charge in [0.2, 0.25) is 0 Å². The van der Waals surface area contributed by atoms with Crippen LogP contribution in [0.3, 0.4) is 0 Å². The zero-order valence-corrected chi connectivity index (χ0v) is 12.8. The van der Waals surface area contributed by atoms with E-state index >= 15 is 0 Å². The van der Waals surface area contributed by atoms with E-state index in [0.29, 0.717) is 11.0 Å². The molecule has 0 atom stereocenters. The fourth-order valence-electron chi connectivity index (χ4n) is 1.58. The monoisotopic (exact) mass is 371 g/mol. The van der Waals surface area contributed by atoms with E-state index in [1.54, 1.807) is 23.0 Å². The fraction of sp³-hybridized carbons (Fsp3) is 0.167. The normalized spacial score (nSPS) is 10.4. The highest BCUT2D eigenvalue weighted by atomic mass is 79.9. The first kappa shape index (κ1) is 13.3. The molecule has 0 spiro atoms. The maximum absolute atomic E-state index is 11.9. The number of pyridine rings is 2. The molecule has 0 saturated carbocycles. The van der Waals surface area contributed by atoms with Crippen molar-refractivity contribution in [3.63, 3.8) is 0 Å². The Labute approximate surface area is 121 Å². The molecular formula is C12H11Br2N3O. The molecule has 0 unspecified atom stereocenters. The number of anilines is 1. The number of aromatic nitrogens is 2. The van der Waals surface area contributed by atoms with Gasteiger partial charge in [0.15, 0.2) is 0 Å². The second-order valence-corrected chi connectivity index (χ2v) is 5.50. The number of rotatable bonds is 3. The summed E-state index contributed by atoms with van der Waals surface area (Å²) in [4.78, 5) is 16.2. The number of hydrogen-bond acceptors (Lipinski definition) is 3. The summed E-state index contributed by atoms with van der Waals surface area (Å²) >= 11 is 6.61. The molecule has 2 heterocycles. The standard InChI is InChI=1S/C12H11Br2N3O/c1-15-9-2-3-16-10(5-9)7-17-6-8(13)4-11(14)12(17)18/h2-6H,7H2,1H3,(H,15,16). The molecule has 2 aromatic heterocycles. The molecule has 0 aromatic carbocycles. The molecule has 1 N–H and O–H groups in total. The van der Waals surface area contributed by atoms with Crippen molar-refractivity contribution in [2.24, 2.45) is 0 Å². The molecule has 18 heavy (non-hydrogen) atoms. The van der Waals surface area contributed by atoms with Gasteiger partial charge in [-0.2, -0.15) is 0 Å². The van der Waals surface area contributed by atoms with Gasteiger partial charge in [-0.15, -0.1) is 0 Å². The second-order valence-electron chi connectivity index (χ2n) is 3.73. The predicted octanol–water partition coefficient (Wildman–Crippen LogP) is 2.86. The summed E-state index contributed by atoms with van der Waals surface area (Å²) in [6, 6.07) is 5.53. The van der Waals surface area contributed by atoms with Crippen molar-refractivity contribution >= 4 is 37.5 Å². The molecule has 2 aromatic rings. The van der Waals surface area contributed by atoms with Gasteiger partial charge in [0.05, 0.1) is 16.7 Å². The predicted molar refractivity (Wildman–Crippen MR) is 79.0 cm³/mol. The summed E-state index contributed by atoms with van der Waals surface area (Å²) in [6.07, 6.45) is 3.47. The quantitative estimate of drug-likeness (QED) is 0.901. The zero-order valence-electron chi connectivity index (χ0n) is 9.65. The van der Waals surface area contributed by atoms with Gasteiger partial charge in [-0.05, 0) is 50.1 Å². The van der Waals surface area contributed by atoms with Crippen molar-refractivity contribution in [3.05, 3.63) is 55.6 Å². The Kier molecular flexibility index (Phi) is 4.19. The van der Waals surface area contributed by atoms with Crippen molar-refractivity contribution in [2.75, 3.05) is 12.4 Å². The first-order valence-corrected chi connectivity index (χ1v) is 6.87. The minimum atomic E-state index is -0.0742. The van der Waals surface area contributed by atoms with E-state index in [2.05, 4.69) is 42.2 Å². The minimum absolute atomic E-state index is 0.0742. The first-order valence-electron chi connectivity index (χ1n) is 5.28. The van der Waals surface area contributed by atoms with Crippen LogP contribution in [0.25, 0.3) is 0 Å². The summed E-state index contributed by atoms with van der Waals surface area (Å²) in [5.41, 5.74) is 1.73. The lowest BCUT2D eigenvalue weighted by molar-refractivity contribution is 0.733. The Morgan fingerprint density at radius 2 is 2.17 bits per heavy atom. The molecule has 0 fully saturated rings. The molecule has 0 amide bonds. The number of nitrogens with one attached hydrogen (secondary N) is 1. The Morgan fingerprint density at radius 3 is 2.89 bits per heavy atom. The van der Waals surface area contributed by atoms with Crippen LogP contribution in [0.15, 0.2) is 44.3 Å². The van der Waals surface area contributed by atoms with Crippen LogP contribution in [0.4, 0.5) is 5.69 Å². The summed E-state index contributed by atoms with van der Waals surface area (Å²) < 4.78 is 2.98. The van der Waals surface area contributed by atoms with Crippen molar-refractivity contribution < 1.29 is 0 Å². The lowest BCUT2D eigenvalue weighted by atomic mass is 10.3. The molecule has 6 heteroatoms. The molecule has 0 bridgehead atoms. The third kappa shape index (κ3) is 3.00. The van der Waals surface area contributed by atoms with Crippen LogP contribution in [0.1, 0.15) is 5.69 Å². The van der Waals surface area contributed by atoms with E-state index in [0.717, 1.165) is 15.9 Å². The summed E-state index contributed by atoms with van der Waals surface area (Å²) in [7, 11) is 1.85. The Morgan fingerprint density at radius 1 is 1.39 bits per heavy atom. The van der Waals surface area contributed by atoms with Gasteiger partial charge in [0.1, 0.15) is 0 Å². The van der Waals surface area contributed by atoms with Gasteiger partial charge < -0.3 is 9.88 Å². The molecular weight excluding hydrogens is 362 g/mol. The molecule has 0 aliphatic rings. The molecule has 94 valence electrons. The third-order valence-electron chi connectivity index (χ3n) is 2.45. The average Bonchev–Trinajstić information content (AvgIpc) is 2.35. The number of hydrogen-bond donors (Lipinski definition) is 1. The SMILES string of the molecule is CNc1ccnc(Cn2cc(Br)cc(Br)c2=O)c1. The maximum Gasteiger partial charge on any atom is 0.265 e. The van der Waals surface area contributed by atoms with Gasteiger partial charge in [-0.1, -0.05) is 0 Å². The second kappa shape index (κ2) is 5.67. The molecule has 0 saturated heterocycles. The van der Waals surface area contributed by atoms with Crippen LogP contribution in [-0.2, 0) is 6.54 Å². The van der Waals surface area contributed by atoms with Crippen LogP contribution in [0.2, 0.25) is 0 Å². The van der Waals surface area contributed by atoms with Crippen LogP contribution in [0.5, 0.6) is 0 Å². The van der Waals surface area contributed by atoms with Gasteiger partial charge >= 0.3 is 0 Å². The van der Waals surface area contributed by atoms with Crippen molar-refractivity contribution in [2.45, 2.75) is 6.54 Å². The molecule has 0 aliphatic heterocycles. The molecule has 4 nitrogen and oxygen atoms in total. The highest BCUT2D eigenvalue weighted by Gasteiger charge is 2.05. The van der Waals surface area contributed by atoms with Gasteiger partial charge in [-0.3, -0.25) is 9.78 Å². The van der Waals surface area contributed by atoms with Gasteiger partial charge in [0.25, 0.3) is 5.56 Å². The fourth-order valence-corrected chi connectivity index (χ4v) is 2.83. The lowest BCUT2D eigenvalue weighted by Gasteiger charge is -2.08. The Balaban J connectivity index is 2.36. The number of halogens is 2. The van der Waals surface area contributed by atoms with E-state index in [1.807, 2.05) is 19.2 Å². The van der Waals surface area contributed by atoms with E-state index in [-0.39, 0.29) is 5.56 Å².